The van der Waals surface area contributed by atoms with Crippen molar-refractivity contribution in [3.8, 4) is 0 Å². The minimum absolute atomic E-state index is 0. The number of carbonyl (C=O) groups is 2. The highest BCUT2D eigenvalue weighted by atomic mass is 35.5. The van der Waals surface area contributed by atoms with Gasteiger partial charge in [0, 0.05) is 17.6 Å². The fourth-order valence-electron chi connectivity index (χ4n) is 2.19. The Kier molecular flexibility index (Phi) is 5.75. The molecule has 1 aliphatic rings. The van der Waals surface area contributed by atoms with E-state index in [4.69, 9.17) is 5.73 Å². The van der Waals surface area contributed by atoms with Crippen LogP contribution in [0.15, 0.2) is 18.2 Å². The van der Waals surface area contributed by atoms with Crippen LogP contribution in [0.5, 0.6) is 0 Å². The van der Waals surface area contributed by atoms with E-state index >= 15 is 0 Å². The Morgan fingerprint density at radius 1 is 1.33 bits per heavy atom. The summed E-state index contributed by atoms with van der Waals surface area (Å²) >= 11 is 0. The van der Waals surface area contributed by atoms with Crippen molar-refractivity contribution < 1.29 is 9.59 Å². The lowest BCUT2D eigenvalue weighted by Gasteiger charge is -2.20. The van der Waals surface area contributed by atoms with E-state index in [1.54, 1.807) is 0 Å². The number of amides is 2. The molecule has 0 fully saturated rings. The molecule has 6 heteroatoms. The van der Waals surface area contributed by atoms with Gasteiger partial charge in [0.25, 0.3) is 0 Å². The quantitative estimate of drug-likeness (QED) is 0.792. The number of halogens is 1. The Hall–Kier alpha value is -1.59. The van der Waals surface area contributed by atoms with Gasteiger partial charge in [0.05, 0.1) is 12.5 Å². The number of hydrogen-bond acceptors (Lipinski definition) is 3. The number of hydrogen-bond donors (Lipinski definition) is 3. The van der Waals surface area contributed by atoms with Crippen molar-refractivity contribution in [1.82, 2.24) is 5.32 Å². The zero-order valence-electron chi connectivity index (χ0n) is 12.5. The SMILES string of the molecule is CC(NC(=O)C(C)C(C)N)c1ccc2c(c1)CC(=O)N2.Cl. The Bertz CT molecular complexity index is 546. The van der Waals surface area contributed by atoms with Gasteiger partial charge in [-0.25, -0.2) is 0 Å². The van der Waals surface area contributed by atoms with E-state index in [2.05, 4.69) is 10.6 Å². The van der Waals surface area contributed by atoms with Crippen molar-refractivity contribution in [1.29, 1.82) is 0 Å². The molecule has 0 bridgehead atoms. The maximum Gasteiger partial charge on any atom is 0.228 e. The fourth-order valence-corrected chi connectivity index (χ4v) is 2.19. The zero-order chi connectivity index (χ0) is 14.9. The van der Waals surface area contributed by atoms with Gasteiger partial charge in [-0.05, 0) is 31.0 Å². The van der Waals surface area contributed by atoms with Gasteiger partial charge in [0.2, 0.25) is 11.8 Å². The Morgan fingerprint density at radius 3 is 2.62 bits per heavy atom. The van der Waals surface area contributed by atoms with Crippen LogP contribution in [-0.4, -0.2) is 17.9 Å². The number of benzene rings is 1. The Balaban J connectivity index is 0.00000220. The molecular formula is C15H22ClN3O2. The number of nitrogens with one attached hydrogen (secondary N) is 2. The highest BCUT2D eigenvalue weighted by molar-refractivity contribution is 5.99. The lowest BCUT2D eigenvalue weighted by Crippen LogP contribution is -2.39. The molecule has 1 aliphatic heterocycles. The molecule has 1 heterocycles. The summed E-state index contributed by atoms with van der Waals surface area (Å²) in [6, 6.07) is 5.49. The molecule has 3 atom stereocenters. The predicted molar refractivity (Wildman–Crippen MR) is 85.4 cm³/mol. The van der Waals surface area contributed by atoms with Crippen molar-refractivity contribution in [2.45, 2.75) is 39.3 Å². The largest absolute Gasteiger partial charge is 0.349 e. The first kappa shape index (κ1) is 17.5. The van der Waals surface area contributed by atoms with Crippen LogP contribution in [0.25, 0.3) is 0 Å². The molecule has 0 spiro atoms. The molecule has 3 unspecified atom stereocenters. The lowest BCUT2D eigenvalue weighted by molar-refractivity contribution is -0.125. The van der Waals surface area contributed by atoms with E-state index in [9.17, 15) is 9.59 Å². The van der Waals surface area contributed by atoms with Crippen molar-refractivity contribution >= 4 is 29.9 Å². The summed E-state index contributed by atoms with van der Waals surface area (Å²) in [6.45, 7) is 5.57. The molecule has 4 N–H and O–H groups in total. The Labute approximate surface area is 131 Å². The van der Waals surface area contributed by atoms with Crippen molar-refractivity contribution in [3.63, 3.8) is 0 Å². The van der Waals surface area contributed by atoms with Crippen molar-refractivity contribution in [2.75, 3.05) is 5.32 Å². The van der Waals surface area contributed by atoms with Crippen molar-refractivity contribution in [2.24, 2.45) is 11.7 Å². The summed E-state index contributed by atoms with van der Waals surface area (Å²) in [6.07, 6.45) is 0.403. The summed E-state index contributed by atoms with van der Waals surface area (Å²) in [7, 11) is 0. The van der Waals surface area contributed by atoms with Gasteiger partial charge in [-0.1, -0.05) is 19.1 Å². The second kappa shape index (κ2) is 6.91. The first-order valence-electron chi connectivity index (χ1n) is 6.87. The minimum atomic E-state index is -0.227. The maximum atomic E-state index is 12.0. The summed E-state index contributed by atoms with van der Waals surface area (Å²) < 4.78 is 0. The van der Waals surface area contributed by atoms with E-state index in [-0.39, 0.29) is 42.2 Å². The molecule has 0 saturated carbocycles. The number of fused-ring (bicyclic) bond motifs is 1. The number of anilines is 1. The standard InChI is InChI=1S/C15H21N3O2.ClH/c1-8(9(2)16)15(20)17-10(3)11-4-5-13-12(6-11)7-14(19)18-13;/h4-6,8-10H,7,16H2,1-3H3,(H,17,20)(H,18,19);1H. The molecule has 5 nitrogen and oxygen atoms in total. The number of nitrogens with two attached hydrogens (primary N) is 1. The van der Waals surface area contributed by atoms with E-state index in [1.165, 1.54) is 0 Å². The molecule has 0 radical (unpaired) electrons. The fraction of sp³-hybridized carbons (Fsp3) is 0.467. The van der Waals surface area contributed by atoms with Crippen LogP contribution in [0.1, 0.15) is 37.9 Å². The second-order valence-electron chi connectivity index (χ2n) is 5.52. The topological polar surface area (TPSA) is 84.2 Å². The second-order valence-corrected chi connectivity index (χ2v) is 5.52. The molecular weight excluding hydrogens is 290 g/mol. The van der Waals surface area contributed by atoms with Crippen LogP contribution in [0.4, 0.5) is 5.69 Å². The van der Waals surface area contributed by atoms with Gasteiger partial charge in [0.1, 0.15) is 0 Å². The van der Waals surface area contributed by atoms with Gasteiger partial charge < -0.3 is 16.4 Å². The van der Waals surface area contributed by atoms with Crippen LogP contribution < -0.4 is 16.4 Å². The normalized spacial score (nSPS) is 17.0. The average molecular weight is 312 g/mol. The third-order valence-electron chi connectivity index (χ3n) is 3.82. The number of rotatable bonds is 4. The van der Waals surface area contributed by atoms with E-state index in [0.29, 0.717) is 6.42 Å². The van der Waals surface area contributed by atoms with Crippen LogP contribution in [0, 0.1) is 5.92 Å². The van der Waals surface area contributed by atoms with Gasteiger partial charge in [0.15, 0.2) is 0 Å². The third kappa shape index (κ3) is 3.95. The van der Waals surface area contributed by atoms with E-state index in [0.717, 1.165) is 16.8 Å². The predicted octanol–water partition coefficient (Wildman–Crippen LogP) is 1.76. The summed E-state index contributed by atoms with van der Waals surface area (Å²) in [5, 5.41) is 5.75. The molecule has 0 aromatic heterocycles. The maximum absolute atomic E-state index is 12.0. The van der Waals surface area contributed by atoms with Gasteiger partial charge in [-0.3, -0.25) is 9.59 Å². The number of carbonyl (C=O) groups excluding carboxylic acids is 2. The van der Waals surface area contributed by atoms with Crippen LogP contribution >= 0.6 is 12.4 Å². The highest BCUT2D eigenvalue weighted by Crippen LogP contribution is 2.26. The smallest absolute Gasteiger partial charge is 0.228 e. The monoisotopic (exact) mass is 311 g/mol. The third-order valence-corrected chi connectivity index (χ3v) is 3.82. The van der Waals surface area contributed by atoms with Gasteiger partial charge in [-0.2, -0.15) is 0 Å². The van der Waals surface area contributed by atoms with Crippen LogP contribution in [0.2, 0.25) is 0 Å². The highest BCUT2D eigenvalue weighted by Gasteiger charge is 2.21. The van der Waals surface area contributed by atoms with Crippen LogP contribution in [-0.2, 0) is 16.0 Å². The van der Waals surface area contributed by atoms with E-state index in [1.807, 2.05) is 39.0 Å². The molecule has 0 aliphatic carbocycles. The van der Waals surface area contributed by atoms with E-state index < -0.39 is 0 Å². The molecule has 1 aromatic carbocycles. The van der Waals surface area contributed by atoms with Gasteiger partial charge >= 0.3 is 0 Å². The van der Waals surface area contributed by atoms with Gasteiger partial charge in [-0.15, -0.1) is 12.4 Å². The average Bonchev–Trinajstić information content (AvgIpc) is 2.76. The lowest BCUT2D eigenvalue weighted by atomic mass is 10.0. The molecule has 116 valence electrons. The molecule has 1 aromatic rings. The molecule has 0 saturated heterocycles. The molecule has 2 amide bonds. The zero-order valence-corrected chi connectivity index (χ0v) is 13.3. The molecule has 2 rings (SSSR count). The minimum Gasteiger partial charge on any atom is -0.349 e. The van der Waals surface area contributed by atoms with Crippen LogP contribution in [0.3, 0.4) is 0 Å². The first-order valence-corrected chi connectivity index (χ1v) is 6.87. The first-order chi connectivity index (χ1) is 9.38. The Morgan fingerprint density at radius 2 is 2.00 bits per heavy atom. The molecule has 21 heavy (non-hydrogen) atoms. The van der Waals surface area contributed by atoms with Crippen molar-refractivity contribution in [3.05, 3.63) is 29.3 Å². The summed E-state index contributed by atoms with van der Waals surface area (Å²) in [4.78, 5) is 23.3. The summed E-state index contributed by atoms with van der Waals surface area (Å²) in [5.41, 5.74) is 8.57. The summed E-state index contributed by atoms with van der Waals surface area (Å²) in [5.74, 6) is -0.267.